The number of carbonyl (C=O) groups is 1. The van der Waals surface area contributed by atoms with Gasteiger partial charge in [-0.15, -0.1) is 11.8 Å². The van der Waals surface area contributed by atoms with Crippen molar-refractivity contribution in [2.45, 2.75) is 29.7 Å². The average Bonchev–Trinajstić information content (AvgIpc) is 2.92. The molecule has 1 amide bonds. The summed E-state index contributed by atoms with van der Waals surface area (Å²) in [5.74, 6) is 0.822. The third-order valence-electron chi connectivity index (χ3n) is 3.60. The van der Waals surface area contributed by atoms with Crippen LogP contribution in [-0.4, -0.2) is 21.8 Å². The van der Waals surface area contributed by atoms with Crippen molar-refractivity contribution < 1.29 is 9.32 Å². The quantitative estimate of drug-likeness (QED) is 0.813. The average molecular weight is 304 g/mol. The predicted molar refractivity (Wildman–Crippen MR) is 79.4 cm³/mol. The highest BCUT2D eigenvalue weighted by Gasteiger charge is 2.39. The fourth-order valence-electron chi connectivity index (χ4n) is 2.23. The molecule has 0 bridgehead atoms. The first-order valence-electron chi connectivity index (χ1n) is 6.72. The first-order chi connectivity index (χ1) is 10.1. The van der Waals surface area contributed by atoms with E-state index in [1.807, 2.05) is 24.3 Å². The second kappa shape index (κ2) is 5.50. The van der Waals surface area contributed by atoms with Gasteiger partial charge in [-0.3, -0.25) is 4.79 Å². The van der Waals surface area contributed by atoms with Crippen LogP contribution < -0.4 is 11.5 Å². The normalized spacial score (nSPS) is 16.4. The molecule has 0 atom stereocenters. The van der Waals surface area contributed by atoms with Crippen molar-refractivity contribution in [2.75, 3.05) is 5.75 Å². The van der Waals surface area contributed by atoms with E-state index in [-0.39, 0.29) is 11.7 Å². The highest BCUT2D eigenvalue weighted by molar-refractivity contribution is 8.00. The van der Waals surface area contributed by atoms with Crippen molar-refractivity contribution in [3.63, 3.8) is 0 Å². The Balaban J connectivity index is 1.88. The Kier molecular flexibility index (Phi) is 3.69. The third-order valence-corrected chi connectivity index (χ3v) is 4.70. The lowest BCUT2D eigenvalue weighted by molar-refractivity contribution is -0.115. The summed E-state index contributed by atoms with van der Waals surface area (Å²) in [7, 11) is 0. The largest absolute Gasteiger partial charge is 0.369 e. The van der Waals surface area contributed by atoms with Crippen LogP contribution in [0.2, 0.25) is 0 Å². The molecular weight excluding hydrogens is 288 g/mol. The molecule has 21 heavy (non-hydrogen) atoms. The van der Waals surface area contributed by atoms with Crippen LogP contribution in [-0.2, 0) is 10.3 Å². The van der Waals surface area contributed by atoms with Crippen LogP contribution in [0.25, 0.3) is 11.5 Å². The van der Waals surface area contributed by atoms with E-state index in [9.17, 15) is 4.79 Å². The van der Waals surface area contributed by atoms with Crippen molar-refractivity contribution in [1.29, 1.82) is 0 Å². The summed E-state index contributed by atoms with van der Waals surface area (Å²) in [5, 5.41) is 4.01. The zero-order chi connectivity index (χ0) is 14.9. The molecule has 1 aromatic heterocycles. The van der Waals surface area contributed by atoms with E-state index in [0.717, 1.165) is 29.7 Å². The third kappa shape index (κ3) is 2.79. The van der Waals surface area contributed by atoms with E-state index in [1.54, 1.807) is 0 Å². The first-order valence-corrected chi connectivity index (χ1v) is 7.71. The molecule has 1 fully saturated rings. The number of hydrogen-bond acceptors (Lipinski definition) is 6. The monoisotopic (exact) mass is 304 g/mol. The number of hydrogen-bond donors (Lipinski definition) is 2. The molecule has 1 aliphatic rings. The molecule has 4 N–H and O–H groups in total. The van der Waals surface area contributed by atoms with E-state index in [4.69, 9.17) is 16.0 Å². The number of rotatable bonds is 5. The molecular formula is C14H16N4O2S. The molecule has 1 saturated carbocycles. The molecule has 0 radical (unpaired) electrons. The highest BCUT2D eigenvalue weighted by Crippen LogP contribution is 2.38. The molecule has 3 rings (SSSR count). The molecule has 1 aromatic carbocycles. The Morgan fingerprint density at radius 2 is 2.14 bits per heavy atom. The van der Waals surface area contributed by atoms with Crippen molar-refractivity contribution in [3.8, 4) is 11.5 Å². The van der Waals surface area contributed by atoms with Crippen molar-refractivity contribution in [1.82, 2.24) is 10.1 Å². The van der Waals surface area contributed by atoms with Gasteiger partial charge in [0.15, 0.2) is 5.82 Å². The van der Waals surface area contributed by atoms with Crippen LogP contribution in [0.1, 0.15) is 25.1 Å². The molecule has 0 spiro atoms. The fourth-order valence-corrected chi connectivity index (χ4v) is 3.02. The first kappa shape index (κ1) is 14.1. The summed E-state index contributed by atoms with van der Waals surface area (Å²) in [5.41, 5.74) is 11.7. The van der Waals surface area contributed by atoms with Crippen LogP contribution in [0.3, 0.4) is 0 Å². The lowest BCUT2D eigenvalue weighted by Gasteiger charge is -2.34. The highest BCUT2D eigenvalue weighted by atomic mass is 32.2. The van der Waals surface area contributed by atoms with Crippen LogP contribution in [0.5, 0.6) is 0 Å². The number of nitrogens with two attached hydrogens (primary N) is 2. The van der Waals surface area contributed by atoms with E-state index in [1.165, 1.54) is 11.8 Å². The molecule has 0 aliphatic heterocycles. The van der Waals surface area contributed by atoms with Gasteiger partial charge in [-0.2, -0.15) is 4.98 Å². The Labute approximate surface area is 126 Å². The lowest BCUT2D eigenvalue weighted by atomic mass is 9.77. The van der Waals surface area contributed by atoms with Crippen LogP contribution in [0.15, 0.2) is 33.7 Å². The van der Waals surface area contributed by atoms with E-state index < -0.39 is 5.54 Å². The van der Waals surface area contributed by atoms with Gasteiger partial charge in [0.05, 0.1) is 16.9 Å². The molecule has 1 heterocycles. The molecule has 0 saturated heterocycles. The van der Waals surface area contributed by atoms with Gasteiger partial charge in [0.2, 0.25) is 5.91 Å². The van der Waals surface area contributed by atoms with Crippen LogP contribution in [0.4, 0.5) is 0 Å². The number of carbonyl (C=O) groups excluding carboxylic acids is 1. The number of primary amides is 1. The summed E-state index contributed by atoms with van der Waals surface area (Å²) in [6, 6.07) is 7.55. The van der Waals surface area contributed by atoms with E-state index >= 15 is 0 Å². The Bertz CT molecular complexity index is 666. The number of thioether (sulfide) groups is 1. The van der Waals surface area contributed by atoms with Gasteiger partial charge in [0.25, 0.3) is 5.89 Å². The maximum Gasteiger partial charge on any atom is 0.259 e. The van der Waals surface area contributed by atoms with Gasteiger partial charge < -0.3 is 16.0 Å². The second-order valence-corrected chi connectivity index (χ2v) is 6.20. The molecule has 2 aromatic rings. The van der Waals surface area contributed by atoms with Gasteiger partial charge in [-0.25, -0.2) is 0 Å². The topological polar surface area (TPSA) is 108 Å². The summed E-state index contributed by atoms with van der Waals surface area (Å²) in [4.78, 5) is 16.2. The number of amides is 1. The smallest absolute Gasteiger partial charge is 0.259 e. The minimum Gasteiger partial charge on any atom is -0.369 e. The summed E-state index contributed by atoms with van der Waals surface area (Å²) >= 11 is 1.35. The van der Waals surface area contributed by atoms with Crippen LogP contribution >= 0.6 is 11.8 Å². The molecule has 110 valence electrons. The molecule has 1 aliphatic carbocycles. The van der Waals surface area contributed by atoms with Gasteiger partial charge in [0.1, 0.15) is 0 Å². The molecule has 0 unspecified atom stereocenters. The Morgan fingerprint density at radius 3 is 2.81 bits per heavy atom. The number of benzene rings is 1. The molecule has 6 nitrogen and oxygen atoms in total. The summed E-state index contributed by atoms with van der Waals surface area (Å²) in [6.07, 6.45) is 2.85. The standard InChI is InChI=1S/C14H16N4O2S/c15-11(19)8-21-10-5-2-1-4-9(10)12-17-13(18-20-12)14(16)6-3-7-14/h1-2,4-5H,3,6-8,16H2,(H2,15,19). The number of aromatic nitrogens is 2. The van der Waals surface area contributed by atoms with Gasteiger partial charge >= 0.3 is 0 Å². The van der Waals surface area contributed by atoms with Crippen molar-refractivity contribution in [2.24, 2.45) is 11.5 Å². The zero-order valence-electron chi connectivity index (χ0n) is 11.4. The second-order valence-electron chi connectivity index (χ2n) is 5.18. The van der Waals surface area contributed by atoms with Gasteiger partial charge in [0, 0.05) is 4.90 Å². The predicted octanol–water partition coefficient (Wildman–Crippen LogP) is 1.65. The van der Waals surface area contributed by atoms with Gasteiger partial charge in [-0.05, 0) is 31.4 Å². The maximum absolute atomic E-state index is 10.9. The van der Waals surface area contributed by atoms with Gasteiger partial charge in [-0.1, -0.05) is 17.3 Å². The zero-order valence-corrected chi connectivity index (χ0v) is 12.2. The van der Waals surface area contributed by atoms with E-state index in [0.29, 0.717) is 11.7 Å². The number of nitrogens with zero attached hydrogens (tertiary/aromatic N) is 2. The molecule has 7 heteroatoms. The Morgan fingerprint density at radius 1 is 1.38 bits per heavy atom. The summed E-state index contributed by atoms with van der Waals surface area (Å²) < 4.78 is 5.35. The fraction of sp³-hybridized carbons (Fsp3) is 0.357. The van der Waals surface area contributed by atoms with E-state index in [2.05, 4.69) is 10.1 Å². The maximum atomic E-state index is 10.9. The minimum absolute atomic E-state index is 0.207. The van der Waals surface area contributed by atoms with Crippen LogP contribution in [0, 0.1) is 0 Å². The van der Waals surface area contributed by atoms with Crippen molar-refractivity contribution in [3.05, 3.63) is 30.1 Å². The SMILES string of the molecule is NC(=O)CSc1ccccc1-c1nc(C2(N)CCC2)no1. The lowest BCUT2D eigenvalue weighted by Crippen LogP contribution is -2.44. The minimum atomic E-state index is -0.447. The Hall–Kier alpha value is -1.86. The summed E-state index contributed by atoms with van der Waals surface area (Å²) in [6.45, 7) is 0. The van der Waals surface area contributed by atoms with Crippen molar-refractivity contribution >= 4 is 17.7 Å².